The average molecular weight is 180 g/mol. The molecule has 2 N–H and O–H groups in total. The quantitative estimate of drug-likeness (QED) is 0.645. The van der Waals surface area contributed by atoms with Gasteiger partial charge >= 0.3 is 5.69 Å². The van der Waals surface area contributed by atoms with Crippen LogP contribution in [0.4, 0.5) is 13.2 Å². The van der Waals surface area contributed by atoms with Crippen LogP contribution in [-0.4, -0.2) is 9.97 Å². The van der Waals surface area contributed by atoms with Crippen LogP contribution >= 0.6 is 0 Å². The molecule has 0 saturated heterocycles. The highest BCUT2D eigenvalue weighted by atomic mass is 19.3. The first kappa shape index (κ1) is 8.57. The average Bonchev–Trinajstić information content (AvgIpc) is 1.96. The maximum atomic E-state index is 12.4. The lowest BCUT2D eigenvalue weighted by Crippen LogP contribution is -2.27. The molecular weight excluding hydrogens is 177 g/mol. The Bertz CT molecular complexity index is 394. The van der Waals surface area contributed by atoms with Crippen LogP contribution in [0.25, 0.3) is 0 Å². The summed E-state index contributed by atoms with van der Waals surface area (Å²) in [6.07, 6.45) is -3.21. The van der Waals surface area contributed by atoms with Gasteiger partial charge in [0, 0.05) is 0 Å². The third kappa shape index (κ3) is 1.39. The van der Waals surface area contributed by atoms with Gasteiger partial charge in [0.05, 0.1) is 0 Å². The van der Waals surface area contributed by atoms with Gasteiger partial charge in [0.15, 0.2) is 0 Å². The molecule has 0 aliphatic rings. The summed E-state index contributed by atoms with van der Waals surface area (Å²) in [5, 5.41) is 0. The predicted octanol–water partition coefficient (Wildman–Crippen LogP) is 0.140. The summed E-state index contributed by atoms with van der Waals surface area (Å²) in [6, 6.07) is 0. The van der Waals surface area contributed by atoms with Crippen molar-refractivity contribution in [2.24, 2.45) is 0 Å². The summed E-state index contributed by atoms with van der Waals surface area (Å²) in [5.74, 6) is -1.66. The highest BCUT2D eigenvalue weighted by Crippen LogP contribution is 2.15. The fraction of sp³-hybridized carbons (Fsp3) is 0.200. The van der Waals surface area contributed by atoms with Gasteiger partial charge in [-0.05, 0) is 0 Å². The lowest BCUT2D eigenvalue weighted by atomic mass is 10.4. The van der Waals surface area contributed by atoms with Crippen LogP contribution in [0.5, 0.6) is 0 Å². The second kappa shape index (κ2) is 2.84. The van der Waals surface area contributed by atoms with Gasteiger partial charge in [0.25, 0.3) is 12.0 Å². The molecule has 66 valence electrons. The Morgan fingerprint density at radius 3 is 2.25 bits per heavy atom. The van der Waals surface area contributed by atoms with E-state index < -0.39 is 29.2 Å². The van der Waals surface area contributed by atoms with Gasteiger partial charge in [-0.1, -0.05) is 0 Å². The minimum absolute atomic E-state index is 1.16. The van der Waals surface area contributed by atoms with E-state index in [0.29, 0.717) is 0 Å². The SMILES string of the molecule is O=c1[nH]c(C(F)F)c(F)c(=O)[nH]1. The molecule has 0 aromatic carbocycles. The third-order valence-corrected chi connectivity index (χ3v) is 1.13. The van der Waals surface area contributed by atoms with Crippen LogP contribution in [0.3, 0.4) is 0 Å². The van der Waals surface area contributed by atoms with Crippen molar-refractivity contribution in [2.45, 2.75) is 6.43 Å². The molecule has 0 atom stereocenters. The molecule has 0 aliphatic carbocycles. The lowest BCUT2D eigenvalue weighted by Gasteiger charge is -1.97. The summed E-state index contributed by atoms with van der Waals surface area (Å²) in [6.45, 7) is 0. The van der Waals surface area contributed by atoms with Crippen LogP contribution in [0.15, 0.2) is 9.59 Å². The summed E-state index contributed by atoms with van der Waals surface area (Å²) < 4.78 is 36.1. The van der Waals surface area contributed by atoms with Crippen molar-refractivity contribution in [3.63, 3.8) is 0 Å². The molecule has 0 spiro atoms. The minimum atomic E-state index is -3.21. The number of halogens is 3. The highest BCUT2D eigenvalue weighted by Gasteiger charge is 2.17. The fourth-order valence-electron chi connectivity index (χ4n) is 0.639. The number of hydrogen-bond donors (Lipinski definition) is 2. The van der Waals surface area contributed by atoms with Gasteiger partial charge in [-0.3, -0.25) is 9.78 Å². The van der Waals surface area contributed by atoms with E-state index in [1.807, 2.05) is 0 Å². The first-order chi connectivity index (χ1) is 5.52. The van der Waals surface area contributed by atoms with Crippen LogP contribution in [0.1, 0.15) is 12.1 Å². The summed E-state index contributed by atoms with van der Waals surface area (Å²) >= 11 is 0. The molecule has 1 aromatic heterocycles. The molecule has 1 rings (SSSR count). The first-order valence-electron chi connectivity index (χ1n) is 2.82. The van der Waals surface area contributed by atoms with Crippen molar-refractivity contribution >= 4 is 0 Å². The standard InChI is InChI=1S/C5H3F3N2O2/c6-1-2(3(7)8)9-5(12)10-4(1)11/h3H,(H2,9,10,11,12). The molecule has 0 bridgehead atoms. The summed E-state index contributed by atoms with van der Waals surface area (Å²) in [5.41, 5.74) is -3.89. The molecule has 1 heterocycles. The molecule has 0 fully saturated rings. The Kier molecular flexibility index (Phi) is 2.03. The molecule has 7 heteroatoms. The van der Waals surface area contributed by atoms with Crippen molar-refractivity contribution < 1.29 is 13.2 Å². The maximum absolute atomic E-state index is 12.4. The van der Waals surface area contributed by atoms with E-state index in [4.69, 9.17) is 0 Å². The Morgan fingerprint density at radius 2 is 1.75 bits per heavy atom. The second-order valence-corrected chi connectivity index (χ2v) is 1.94. The first-order valence-corrected chi connectivity index (χ1v) is 2.82. The van der Waals surface area contributed by atoms with Gasteiger partial charge in [-0.25, -0.2) is 13.6 Å². The Labute approximate surface area is 63.1 Å². The van der Waals surface area contributed by atoms with Crippen molar-refractivity contribution in [3.05, 3.63) is 32.3 Å². The summed E-state index contributed by atoms with van der Waals surface area (Å²) in [7, 11) is 0. The van der Waals surface area contributed by atoms with E-state index in [9.17, 15) is 22.8 Å². The van der Waals surface area contributed by atoms with Crippen molar-refractivity contribution in [1.29, 1.82) is 0 Å². The molecule has 0 aliphatic heterocycles. The molecule has 0 amide bonds. The van der Waals surface area contributed by atoms with Crippen molar-refractivity contribution in [2.75, 3.05) is 0 Å². The number of alkyl halides is 2. The molecule has 1 aromatic rings. The maximum Gasteiger partial charge on any atom is 0.326 e. The van der Waals surface area contributed by atoms with Crippen molar-refractivity contribution in [3.8, 4) is 0 Å². The van der Waals surface area contributed by atoms with E-state index in [0.717, 1.165) is 0 Å². The van der Waals surface area contributed by atoms with Crippen LogP contribution < -0.4 is 11.2 Å². The Morgan fingerprint density at radius 1 is 1.17 bits per heavy atom. The molecule has 12 heavy (non-hydrogen) atoms. The molecule has 0 radical (unpaired) electrons. The van der Waals surface area contributed by atoms with E-state index in [1.165, 1.54) is 9.97 Å². The lowest BCUT2D eigenvalue weighted by molar-refractivity contribution is 0.139. The molecule has 0 unspecified atom stereocenters. The zero-order valence-electron chi connectivity index (χ0n) is 5.53. The van der Waals surface area contributed by atoms with Crippen LogP contribution in [-0.2, 0) is 0 Å². The predicted molar refractivity (Wildman–Crippen MR) is 32.6 cm³/mol. The zero-order valence-corrected chi connectivity index (χ0v) is 5.53. The number of nitrogens with one attached hydrogen (secondary N) is 2. The molecular formula is C5H3F3N2O2. The Balaban J connectivity index is 3.49. The largest absolute Gasteiger partial charge is 0.326 e. The van der Waals surface area contributed by atoms with Gasteiger partial charge in [0.1, 0.15) is 5.69 Å². The van der Waals surface area contributed by atoms with Crippen molar-refractivity contribution in [1.82, 2.24) is 9.97 Å². The number of rotatable bonds is 1. The van der Waals surface area contributed by atoms with E-state index in [1.54, 1.807) is 0 Å². The van der Waals surface area contributed by atoms with Gasteiger partial charge in [-0.2, -0.15) is 4.39 Å². The fourth-order valence-corrected chi connectivity index (χ4v) is 0.639. The second-order valence-electron chi connectivity index (χ2n) is 1.94. The summed E-state index contributed by atoms with van der Waals surface area (Å²) in [4.78, 5) is 23.7. The highest BCUT2D eigenvalue weighted by molar-refractivity contribution is 5.03. The topological polar surface area (TPSA) is 65.7 Å². The monoisotopic (exact) mass is 180 g/mol. The number of aromatic nitrogens is 2. The molecule has 4 nitrogen and oxygen atoms in total. The third-order valence-electron chi connectivity index (χ3n) is 1.13. The number of H-pyrrole nitrogens is 2. The van der Waals surface area contributed by atoms with Crippen LogP contribution in [0, 0.1) is 5.82 Å². The van der Waals surface area contributed by atoms with Gasteiger partial charge in [-0.15, -0.1) is 0 Å². The van der Waals surface area contributed by atoms with Gasteiger partial charge < -0.3 is 4.98 Å². The van der Waals surface area contributed by atoms with Gasteiger partial charge in [0.2, 0.25) is 5.82 Å². The smallest absolute Gasteiger partial charge is 0.303 e. The number of aromatic amines is 2. The van der Waals surface area contributed by atoms with E-state index in [2.05, 4.69) is 0 Å². The van der Waals surface area contributed by atoms with E-state index >= 15 is 0 Å². The normalized spacial score (nSPS) is 10.7. The minimum Gasteiger partial charge on any atom is -0.303 e. The van der Waals surface area contributed by atoms with E-state index in [-0.39, 0.29) is 0 Å². The molecule has 0 saturated carbocycles. The zero-order chi connectivity index (χ0) is 9.30. The Hall–Kier alpha value is -1.53. The van der Waals surface area contributed by atoms with Crippen LogP contribution in [0.2, 0.25) is 0 Å². The number of hydrogen-bond acceptors (Lipinski definition) is 2.